The van der Waals surface area contributed by atoms with Gasteiger partial charge < -0.3 is 20.7 Å². The molecule has 10 nitrogen and oxygen atoms in total. The Morgan fingerprint density at radius 1 is 0.974 bits per heavy atom. The fraction of sp³-hybridized carbons (Fsp3) is 0.483. The van der Waals surface area contributed by atoms with Crippen LogP contribution >= 0.6 is 0 Å². The maximum absolute atomic E-state index is 13.5. The van der Waals surface area contributed by atoms with Gasteiger partial charge in [-0.05, 0) is 77.5 Å². The van der Waals surface area contributed by atoms with E-state index in [1.54, 1.807) is 20.8 Å². The molecule has 10 heteroatoms. The monoisotopic (exact) mass is 538 g/mol. The van der Waals surface area contributed by atoms with Crippen LogP contribution in [0.1, 0.15) is 79.9 Å². The lowest BCUT2D eigenvalue weighted by Gasteiger charge is -2.32. The number of carbonyl (C=O) groups is 3. The molecule has 3 N–H and O–H groups in total. The van der Waals surface area contributed by atoms with Crippen LogP contribution in [0.3, 0.4) is 0 Å². The molecule has 1 aliphatic carbocycles. The Morgan fingerprint density at radius 2 is 1.59 bits per heavy atom. The molecule has 3 rings (SSSR count). The zero-order chi connectivity index (χ0) is 28.9. The summed E-state index contributed by atoms with van der Waals surface area (Å²) < 4.78 is 5.61. The first-order valence-corrected chi connectivity index (χ1v) is 13.2. The topological polar surface area (TPSA) is 140 Å². The third-order valence-corrected chi connectivity index (χ3v) is 6.69. The van der Waals surface area contributed by atoms with E-state index in [1.807, 2.05) is 32.9 Å². The summed E-state index contributed by atoms with van der Waals surface area (Å²) >= 11 is 0. The quantitative estimate of drug-likeness (QED) is 0.218. The van der Waals surface area contributed by atoms with Gasteiger partial charge in [0.15, 0.2) is 0 Å². The molecule has 2 aromatic rings. The number of benzene rings is 2. The van der Waals surface area contributed by atoms with Gasteiger partial charge in [-0.1, -0.05) is 37.0 Å². The highest BCUT2D eigenvalue weighted by Crippen LogP contribution is 2.30. The first-order valence-electron chi connectivity index (χ1n) is 13.2. The lowest BCUT2D eigenvalue weighted by Crippen LogP contribution is -2.49. The molecule has 1 fully saturated rings. The highest BCUT2D eigenvalue weighted by atomic mass is 16.6. The Balaban J connectivity index is 1.89. The molecule has 0 spiro atoms. The van der Waals surface area contributed by atoms with E-state index >= 15 is 0 Å². The van der Waals surface area contributed by atoms with E-state index in [9.17, 15) is 24.5 Å². The maximum Gasteiger partial charge on any atom is 0.329 e. The number of aryl methyl sites for hydroxylation is 3. The van der Waals surface area contributed by atoms with E-state index in [1.165, 1.54) is 12.1 Å². The fourth-order valence-electron chi connectivity index (χ4n) is 5.01. The number of amides is 3. The number of rotatable bonds is 7. The number of nitrogens with one attached hydrogen (secondary N) is 3. The molecule has 0 heterocycles. The lowest BCUT2D eigenvalue weighted by atomic mass is 9.83. The number of carbonyl (C=O) groups excluding carboxylic acids is 3. The molecular weight excluding hydrogens is 500 g/mol. The summed E-state index contributed by atoms with van der Waals surface area (Å²) in [6, 6.07) is 5.91. The van der Waals surface area contributed by atoms with E-state index < -0.39 is 34.5 Å². The van der Waals surface area contributed by atoms with E-state index in [4.69, 9.17) is 4.74 Å². The van der Waals surface area contributed by atoms with Gasteiger partial charge in [-0.15, -0.1) is 0 Å². The Labute approximate surface area is 229 Å². The minimum atomic E-state index is -0.883. The number of hydrogen-bond acceptors (Lipinski definition) is 6. The Bertz CT molecular complexity index is 1240. The van der Waals surface area contributed by atoms with Crippen LogP contribution in [0.4, 0.5) is 21.9 Å². The standard InChI is InChI=1S/C29H38N4O6/c1-17-14-18(2)24(19(3)15-17)32-28(36)30-23-16-21(33(37)38)12-13-22(23)26(34)31-25(20-10-8-7-9-11-20)27(35)39-29(4,5)6/h12-16,20,25H,7-11H2,1-6H3,(H,31,34)(H2,30,32,36)/t25-/m0/s1. The zero-order valence-electron chi connectivity index (χ0n) is 23.5. The van der Waals surface area contributed by atoms with Gasteiger partial charge in [0.05, 0.1) is 16.2 Å². The van der Waals surface area contributed by atoms with Gasteiger partial charge in [0.2, 0.25) is 0 Å². The predicted molar refractivity (Wildman–Crippen MR) is 150 cm³/mol. The van der Waals surface area contributed by atoms with Crippen molar-refractivity contribution in [2.24, 2.45) is 5.92 Å². The number of nitrogens with zero attached hydrogens (tertiary/aromatic N) is 1. The molecule has 39 heavy (non-hydrogen) atoms. The number of nitro groups is 1. The van der Waals surface area contributed by atoms with Crippen LogP contribution < -0.4 is 16.0 Å². The SMILES string of the molecule is Cc1cc(C)c(NC(=O)Nc2cc([N+](=O)[O-])ccc2C(=O)N[C@H](C(=O)OC(C)(C)C)C2CCCCC2)c(C)c1. The van der Waals surface area contributed by atoms with E-state index in [-0.39, 0.29) is 22.9 Å². The van der Waals surface area contributed by atoms with Gasteiger partial charge in [-0.3, -0.25) is 14.9 Å². The number of non-ortho nitro benzene ring substituents is 1. The van der Waals surface area contributed by atoms with Crippen molar-refractivity contribution in [2.75, 3.05) is 10.6 Å². The minimum Gasteiger partial charge on any atom is -0.458 e. The molecule has 0 aromatic heterocycles. The Morgan fingerprint density at radius 3 is 2.15 bits per heavy atom. The normalized spacial score (nSPS) is 14.7. The fourth-order valence-corrected chi connectivity index (χ4v) is 5.01. The molecule has 0 unspecified atom stereocenters. The summed E-state index contributed by atoms with van der Waals surface area (Å²) in [5.41, 5.74) is 2.29. The molecule has 1 atom stereocenters. The summed E-state index contributed by atoms with van der Waals surface area (Å²) in [6.07, 6.45) is 4.50. The predicted octanol–water partition coefficient (Wildman–Crippen LogP) is 6.18. The van der Waals surface area contributed by atoms with Crippen LogP contribution in [0.2, 0.25) is 0 Å². The van der Waals surface area contributed by atoms with Gasteiger partial charge in [0, 0.05) is 17.8 Å². The number of anilines is 2. The Kier molecular flexibility index (Phi) is 9.32. The average molecular weight is 539 g/mol. The molecule has 0 saturated heterocycles. The van der Waals surface area contributed by atoms with Gasteiger partial charge in [-0.2, -0.15) is 0 Å². The molecule has 210 valence electrons. The second-order valence-electron chi connectivity index (χ2n) is 11.2. The summed E-state index contributed by atoms with van der Waals surface area (Å²) in [5.74, 6) is -1.26. The van der Waals surface area contributed by atoms with E-state index in [0.717, 1.165) is 54.9 Å². The van der Waals surface area contributed by atoms with Crippen molar-refractivity contribution in [1.29, 1.82) is 0 Å². The van der Waals surface area contributed by atoms with Crippen molar-refractivity contribution in [1.82, 2.24) is 5.32 Å². The van der Waals surface area contributed by atoms with Crippen molar-refractivity contribution in [3.05, 3.63) is 62.7 Å². The van der Waals surface area contributed by atoms with Gasteiger partial charge in [-0.25, -0.2) is 9.59 Å². The summed E-state index contributed by atoms with van der Waals surface area (Å²) in [6.45, 7) is 11.0. The van der Waals surface area contributed by atoms with Crippen LogP contribution in [0.5, 0.6) is 0 Å². The van der Waals surface area contributed by atoms with Gasteiger partial charge >= 0.3 is 12.0 Å². The highest BCUT2D eigenvalue weighted by molar-refractivity contribution is 6.08. The van der Waals surface area contributed by atoms with Gasteiger partial charge in [0.1, 0.15) is 11.6 Å². The van der Waals surface area contributed by atoms with Crippen molar-refractivity contribution < 1.29 is 24.0 Å². The van der Waals surface area contributed by atoms with Crippen molar-refractivity contribution in [2.45, 2.75) is 85.3 Å². The average Bonchev–Trinajstić information content (AvgIpc) is 2.84. The molecule has 0 radical (unpaired) electrons. The molecule has 1 saturated carbocycles. The second kappa shape index (κ2) is 12.3. The molecular formula is C29H38N4O6. The smallest absolute Gasteiger partial charge is 0.329 e. The number of urea groups is 1. The van der Waals surface area contributed by atoms with Crippen molar-refractivity contribution in [3.8, 4) is 0 Å². The third-order valence-electron chi connectivity index (χ3n) is 6.69. The van der Waals surface area contributed by atoms with Gasteiger partial charge in [0.25, 0.3) is 11.6 Å². The molecule has 2 aromatic carbocycles. The molecule has 3 amide bonds. The van der Waals surface area contributed by atoms with Crippen LogP contribution in [-0.2, 0) is 9.53 Å². The van der Waals surface area contributed by atoms with Crippen LogP contribution in [-0.4, -0.2) is 34.5 Å². The van der Waals surface area contributed by atoms with Crippen molar-refractivity contribution >= 4 is 35.0 Å². The number of hydrogen-bond donors (Lipinski definition) is 3. The largest absolute Gasteiger partial charge is 0.458 e. The summed E-state index contributed by atoms with van der Waals surface area (Å²) in [4.78, 5) is 50.4. The summed E-state index contributed by atoms with van der Waals surface area (Å²) in [7, 11) is 0. The van der Waals surface area contributed by atoms with Crippen molar-refractivity contribution in [3.63, 3.8) is 0 Å². The maximum atomic E-state index is 13.5. The zero-order valence-corrected chi connectivity index (χ0v) is 23.5. The lowest BCUT2D eigenvalue weighted by molar-refractivity contribution is -0.384. The molecule has 1 aliphatic rings. The van der Waals surface area contributed by atoms with Crippen LogP contribution in [0, 0.1) is 36.8 Å². The summed E-state index contributed by atoms with van der Waals surface area (Å²) in [5, 5.41) is 19.6. The molecule has 0 aliphatic heterocycles. The van der Waals surface area contributed by atoms with Crippen LogP contribution in [0.15, 0.2) is 30.3 Å². The third kappa shape index (κ3) is 8.02. The highest BCUT2D eigenvalue weighted by Gasteiger charge is 2.35. The minimum absolute atomic E-state index is 0.00234. The van der Waals surface area contributed by atoms with Crippen LogP contribution in [0.25, 0.3) is 0 Å². The first kappa shape index (κ1) is 29.6. The Hall–Kier alpha value is -3.95. The number of ether oxygens (including phenoxy) is 1. The van der Waals surface area contributed by atoms with E-state index in [0.29, 0.717) is 5.69 Å². The first-order chi connectivity index (χ1) is 18.2. The number of esters is 1. The molecule has 0 bridgehead atoms. The number of nitro benzene ring substituents is 1. The van der Waals surface area contributed by atoms with E-state index in [2.05, 4.69) is 16.0 Å². The second-order valence-corrected chi connectivity index (χ2v) is 11.2.